The number of hydrogen-bond acceptors (Lipinski definition) is 3. The van der Waals surface area contributed by atoms with E-state index in [1.54, 1.807) is 12.3 Å². The second-order valence-electron chi connectivity index (χ2n) is 3.48. The average Bonchev–Trinajstić information content (AvgIpc) is 2.30. The van der Waals surface area contributed by atoms with Gasteiger partial charge in [0.1, 0.15) is 6.26 Å². The Hall–Kier alpha value is -2.16. The van der Waals surface area contributed by atoms with Gasteiger partial charge < -0.3 is 4.42 Å². The van der Waals surface area contributed by atoms with E-state index in [0.29, 0.717) is 0 Å². The zero-order valence-electron chi connectivity index (χ0n) is 8.88. The summed E-state index contributed by atoms with van der Waals surface area (Å²) in [7, 11) is 0. The number of benzene rings is 1. The maximum absolute atomic E-state index is 10.7. The molecule has 0 N–H and O–H groups in total. The molecule has 0 unspecified atom stereocenters. The van der Waals surface area contributed by atoms with E-state index in [2.05, 4.69) is 4.99 Å². The topological polar surface area (TPSA) is 42.6 Å². The minimum absolute atomic E-state index is 0.354. The summed E-state index contributed by atoms with van der Waals surface area (Å²) < 4.78 is 4.72. The van der Waals surface area contributed by atoms with Crippen molar-refractivity contribution >= 4 is 11.9 Å². The first-order valence-corrected chi connectivity index (χ1v) is 4.94. The van der Waals surface area contributed by atoms with E-state index in [-0.39, 0.29) is 5.63 Å². The Morgan fingerprint density at radius 1 is 1.12 bits per heavy atom. The summed E-state index contributed by atoms with van der Waals surface area (Å²) in [5, 5.41) is 0. The van der Waals surface area contributed by atoms with Gasteiger partial charge in [0.25, 0.3) is 0 Å². The molecular formula is C13H11NO2. The third-order valence-corrected chi connectivity index (χ3v) is 2.12. The average molecular weight is 213 g/mol. The van der Waals surface area contributed by atoms with Gasteiger partial charge in [0.15, 0.2) is 0 Å². The van der Waals surface area contributed by atoms with Crippen molar-refractivity contribution in [1.82, 2.24) is 0 Å². The molecule has 2 rings (SSSR count). The van der Waals surface area contributed by atoms with Crippen molar-refractivity contribution in [2.45, 2.75) is 6.92 Å². The summed E-state index contributed by atoms with van der Waals surface area (Å²) >= 11 is 0. The lowest BCUT2D eigenvalue weighted by atomic mass is 10.2. The van der Waals surface area contributed by atoms with E-state index in [1.807, 2.05) is 31.2 Å². The molecule has 3 heteroatoms. The van der Waals surface area contributed by atoms with E-state index < -0.39 is 0 Å². The zero-order valence-corrected chi connectivity index (χ0v) is 8.88. The molecule has 0 bridgehead atoms. The van der Waals surface area contributed by atoms with Gasteiger partial charge in [-0.15, -0.1) is 0 Å². The third-order valence-electron chi connectivity index (χ3n) is 2.12. The van der Waals surface area contributed by atoms with Gasteiger partial charge >= 0.3 is 5.63 Å². The van der Waals surface area contributed by atoms with Crippen LogP contribution in [0, 0.1) is 6.92 Å². The fraction of sp³-hybridized carbons (Fsp3) is 0.0769. The highest BCUT2D eigenvalue weighted by atomic mass is 16.4. The van der Waals surface area contributed by atoms with Crippen molar-refractivity contribution in [1.29, 1.82) is 0 Å². The molecule has 0 amide bonds. The van der Waals surface area contributed by atoms with E-state index in [1.165, 1.54) is 17.9 Å². The van der Waals surface area contributed by atoms with Crippen molar-refractivity contribution in [3.63, 3.8) is 0 Å². The molecule has 2 aromatic rings. The van der Waals surface area contributed by atoms with Gasteiger partial charge in [-0.2, -0.15) is 0 Å². The highest BCUT2D eigenvalue weighted by molar-refractivity contribution is 5.81. The van der Waals surface area contributed by atoms with Gasteiger partial charge in [0, 0.05) is 17.8 Å². The van der Waals surface area contributed by atoms with Crippen LogP contribution in [0.5, 0.6) is 0 Å². The molecule has 3 nitrogen and oxygen atoms in total. The Balaban J connectivity index is 2.18. The second-order valence-corrected chi connectivity index (χ2v) is 3.48. The molecule has 16 heavy (non-hydrogen) atoms. The normalized spacial score (nSPS) is 10.8. The summed E-state index contributed by atoms with van der Waals surface area (Å²) in [6, 6.07) is 10.9. The van der Waals surface area contributed by atoms with Crippen molar-refractivity contribution in [3.8, 4) is 0 Å². The number of aryl methyl sites for hydroxylation is 1. The van der Waals surface area contributed by atoms with Crippen molar-refractivity contribution < 1.29 is 4.42 Å². The van der Waals surface area contributed by atoms with Crippen LogP contribution in [-0.4, -0.2) is 6.21 Å². The second kappa shape index (κ2) is 4.57. The molecule has 1 aromatic carbocycles. The molecule has 0 aliphatic rings. The molecule has 0 spiro atoms. The molecule has 0 radical (unpaired) electrons. The fourth-order valence-electron chi connectivity index (χ4n) is 1.22. The van der Waals surface area contributed by atoms with Gasteiger partial charge in [0.2, 0.25) is 0 Å². The quantitative estimate of drug-likeness (QED) is 0.720. The molecular weight excluding hydrogens is 202 g/mol. The molecule has 1 aromatic heterocycles. The summed E-state index contributed by atoms with van der Waals surface area (Å²) in [5.41, 5.74) is 2.48. The molecule has 0 aliphatic carbocycles. The van der Waals surface area contributed by atoms with Crippen LogP contribution in [-0.2, 0) is 0 Å². The lowest BCUT2D eigenvalue weighted by molar-refractivity contribution is 0.510. The molecule has 0 fully saturated rings. The lowest BCUT2D eigenvalue weighted by Crippen LogP contribution is -1.94. The van der Waals surface area contributed by atoms with Crippen molar-refractivity contribution in [3.05, 3.63) is 64.2 Å². The smallest absolute Gasteiger partial charge is 0.335 e. The first-order valence-electron chi connectivity index (χ1n) is 4.94. The highest BCUT2D eigenvalue weighted by Crippen LogP contribution is 2.12. The van der Waals surface area contributed by atoms with Crippen molar-refractivity contribution in [2.24, 2.45) is 4.99 Å². The largest absolute Gasteiger partial charge is 0.431 e. The van der Waals surface area contributed by atoms with E-state index in [0.717, 1.165) is 11.3 Å². The Morgan fingerprint density at radius 2 is 1.88 bits per heavy atom. The summed E-state index contributed by atoms with van der Waals surface area (Å²) in [5.74, 6) is 0. The van der Waals surface area contributed by atoms with E-state index in [9.17, 15) is 4.79 Å². The Bertz CT molecular complexity index is 532. The number of rotatable bonds is 2. The number of aliphatic imine (C=N–C) groups is 1. The molecule has 0 saturated carbocycles. The van der Waals surface area contributed by atoms with Crippen LogP contribution in [0.4, 0.5) is 5.69 Å². The van der Waals surface area contributed by atoms with E-state index in [4.69, 9.17) is 4.42 Å². The standard InChI is InChI=1S/C13H11NO2/c1-10-2-5-12(6-3-10)14-8-11-4-7-13(15)16-9-11/h2-9H,1H3. The first-order chi connectivity index (χ1) is 7.74. The fourth-order valence-corrected chi connectivity index (χ4v) is 1.22. The SMILES string of the molecule is Cc1ccc(N=Cc2ccc(=O)oc2)cc1. The predicted octanol–water partition coefficient (Wildman–Crippen LogP) is 2.70. The molecule has 1 heterocycles. The van der Waals surface area contributed by atoms with Crippen LogP contribution in [0.3, 0.4) is 0 Å². The molecule has 0 atom stereocenters. The van der Waals surface area contributed by atoms with Crippen LogP contribution < -0.4 is 5.63 Å². The van der Waals surface area contributed by atoms with Gasteiger partial charge in [-0.3, -0.25) is 4.99 Å². The molecule has 0 saturated heterocycles. The van der Waals surface area contributed by atoms with Crippen LogP contribution in [0.1, 0.15) is 11.1 Å². The van der Waals surface area contributed by atoms with E-state index >= 15 is 0 Å². The highest BCUT2D eigenvalue weighted by Gasteiger charge is 1.90. The number of nitrogens with zero attached hydrogens (tertiary/aromatic N) is 1. The minimum atomic E-state index is -0.354. The third kappa shape index (κ3) is 2.67. The Labute approximate surface area is 93.1 Å². The number of hydrogen-bond donors (Lipinski definition) is 0. The molecule has 80 valence electrons. The van der Waals surface area contributed by atoms with Crippen molar-refractivity contribution in [2.75, 3.05) is 0 Å². The first kappa shape index (κ1) is 10.4. The van der Waals surface area contributed by atoms with Gasteiger partial charge in [-0.1, -0.05) is 17.7 Å². The van der Waals surface area contributed by atoms with Crippen LogP contribution >= 0.6 is 0 Å². The molecule has 0 aliphatic heterocycles. The summed E-state index contributed by atoms with van der Waals surface area (Å²) in [4.78, 5) is 15.0. The van der Waals surface area contributed by atoms with Gasteiger partial charge in [0.05, 0.1) is 5.69 Å². The maximum Gasteiger partial charge on any atom is 0.335 e. The van der Waals surface area contributed by atoms with Crippen LogP contribution in [0.15, 0.2) is 56.9 Å². The van der Waals surface area contributed by atoms with Gasteiger partial charge in [-0.05, 0) is 25.1 Å². The predicted molar refractivity (Wildman–Crippen MR) is 63.4 cm³/mol. The van der Waals surface area contributed by atoms with Crippen LogP contribution in [0.2, 0.25) is 0 Å². The monoisotopic (exact) mass is 213 g/mol. The van der Waals surface area contributed by atoms with Crippen LogP contribution in [0.25, 0.3) is 0 Å². The maximum atomic E-state index is 10.7. The zero-order chi connectivity index (χ0) is 11.4. The summed E-state index contributed by atoms with van der Waals surface area (Å²) in [6.07, 6.45) is 3.05. The van der Waals surface area contributed by atoms with Gasteiger partial charge in [-0.25, -0.2) is 4.79 Å². The Morgan fingerprint density at radius 3 is 2.50 bits per heavy atom. The lowest BCUT2D eigenvalue weighted by Gasteiger charge is -1.94. The Kier molecular flexibility index (Phi) is 2.96. The minimum Gasteiger partial charge on any atom is -0.431 e. The summed E-state index contributed by atoms with van der Waals surface area (Å²) in [6.45, 7) is 2.03.